The van der Waals surface area contributed by atoms with Crippen LogP contribution in [0.5, 0.6) is 0 Å². The summed E-state index contributed by atoms with van der Waals surface area (Å²) in [5.74, 6) is -0.852. The van der Waals surface area contributed by atoms with Crippen molar-refractivity contribution >= 4 is 17.9 Å². The highest BCUT2D eigenvalue weighted by atomic mass is 16.6. The summed E-state index contributed by atoms with van der Waals surface area (Å²) in [7, 11) is 0. The highest BCUT2D eigenvalue weighted by Crippen LogP contribution is 2.18. The number of esters is 3. The van der Waals surface area contributed by atoms with E-state index in [4.69, 9.17) is 14.2 Å². The number of carbonyl (C=O) groups is 3. The molecule has 0 aromatic rings. The van der Waals surface area contributed by atoms with Gasteiger partial charge in [-0.05, 0) is 83.5 Å². The van der Waals surface area contributed by atoms with Crippen LogP contribution in [0.25, 0.3) is 0 Å². The molecule has 0 heterocycles. The molecule has 0 radical (unpaired) electrons. The predicted octanol–water partition coefficient (Wildman–Crippen LogP) is 24.5. The summed E-state index contributed by atoms with van der Waals surface area (Å²) >= 11 is 0. The van der Waals surface area contributed by atoms with E-state index in [1.165, 1.54) is 276 Å². The van der Waals surface area contributed by atoms with Gasteiger partial charge in [-0.1, -0.05) is 333 Å². The Kier molecular flexibility index (Phi) is 66.6. The Morgan fingerprint density at radius 3 is 0.713 bits per heavy atom. The van der Waals surface area contributed by atoms with Gasteiger partial charge in [-0.15, -0.1) is 0 Å². The largest absolute Gasteiger partial charge is 0.462 e. The van der Waals surface area contributed by atoms with Crippen molar-refractivity contribution in [3.63, 3.8) is 0 Å². The Hall–Kier alpha value is -2.63. The van der Waals surface area contributed by atoms with Crippen molar-refractivity contribution in [1.82, 2.24) is 0 Å². The topological polar surface area (TPSA) is 78.9 Å². The van der Waals surface area contributed by atoms with Crippen molar-refractivity contribution < 1.29 is 28.6 Å². The molecule has 0 spiro atoms. The van der Waals surface area contributed by atoms with Gasteiger partial charge < -0.3 is 14.2 Å². The lowest BCUT2D eigenvalue weighted by atomic mass is 10.0. The molecule has 1 atom stereocenters. The molecule has 80 heavy (non-hydrogen) atoms. The van der Waals surface area contributed by atoms with Crippen LogP contribution >= 0.6 is 0 Å². The van der Waals surface area contributed by atoms with Crippen LogP contribution in [0, 0.1) is 0 Å². The normalized spacial score (nSPS) is 12.3. The Balaban J connectivity index is 4.32. The molecule has 0 rings (SSSR count). The van der Waals surface area contributed by atoms with E-state index in [-0.39, 0.29) is 31.1 Å². The standard InChI is InChI=1S/C74H136O6/c1-4-7-10-13-16-19-22-25-28-31-33-35-36-37-38-39-41-43-46-49-52-55-58-61-64-67-73(76)79-70-71(69-78-72(75)66-63-60-57-54-51-48-45-42-30-27-24-21-18-15-12-9-6-3)80-74(77)68-65-62-59-56-53-50-47-44-40-34-32-29-26-23-20-17-14-11-8-5-2/h22,25,27,30-31,33,36-37,71H,4-21,23-24,26,28-29,32,34-35,38-70H2,1-3H3/b25-22-,30-27-,33-31-,37-36-. The molecule has 0 aliphatic carbocycles. The van der Waals surface area contributed by atoms with E-state index < -0.39 is 6.10 Å². The van der Waals surface area contributed by atoms with Crippen LogP contribution in [0.3, 0.4) is 0 Å². The van der Waals surface area contributed by atoms with Gasteiger partial charge in [0.1, 0.15) is 13.2 Å². The van der Waals surface area contributed by atoms with Crippen molar-refractivity contribution in [2.45, 2.75) is 393 Å². The first-order chi connectivity index (χ1) is 39.5. The minimum absolute atomic E-state index is 0.0722. The van der Waals surface area contributed by atoms with Crippen molar-refractivity contribution in [1.29, 1.82) is 0 Å². The number of unbranched alkanes of at least 4 members (excludes halogenated alkanes) is 47. The average molecular weight is 1120 g/mol. The van der Waals surface area contributed by atoms with Gasteiger partial charge >= 0.3 is 17.9 Å². The molecule has 0 aromatic carbocycles. The molecule has 0 saturated heterocycles. The molecule has 1 unspecified atom stereocenters. The van der Waals surface area contributed by atoms with E-state index in [0.29, 0.717) is 19.3 Å². The molecular formula is C74H136O6. The SMILES string of the molecule is CCCCCCC/C=C\C/C=C\C/C=C\CCCCCCCCCCCCC(=O)OCC(COC(=O)CCCCCCCCC/C=C\CCCCCCCC)OC(=O)CCCCCCCCCCCCCCCCCCCCCC. The second-order valence-electron chi connectivity index (χ2n) is 24.1. The van der Waals surface area contributed by atoms with Crippen LogP contribution < -0.4 is 0 Å². The summed E-state index contributed by atoms with van der Waals surface area (Å²) in [5, 5.41) is 0. The molecule has 0 aromatic heterocycles. The Morgan fingerprint density at radius 1 is 0.250 bits per heavy atom. The van der Waals surface area contributed by atoms with Crippen molar-refractivity contribution in [3.8, 4) is 0 Å². The van der Waals surface area contributed by atoms with Crippen molar-refractivity contribution in [2.24, 2.45) is 0 Å². The number of hydrogen-bond donors (Lipinski definition) is 0. The minimum Gasteiger partial charge on any atom is -0.462 e. The third-order valence-electron chi connectivity index (χ3n) is 16.1. The first kappa shape index (κ1) is 77.4. The van der Waals surface area contributed by atoms with Gasteiger partial charge in [0, 0.05) is 19.3 Å². The van der Waals surface area contributed by atoms with E-state index in [0.717, 1.165) is 70.6 Å². The Morgan fingerprint density at radius 2 is 0.450 bits per heavy atom. The average Bonchev–Trinajstić information content (AvgIpc) is 3.46. The van der Waals surface area contributed by atoms with Crippen LogP contribution in [0.15, 0.2) is 48.6 Å². The number of carbonyl (C=O) groups excluding carboxylic acids is 3. The summed E-state index contributed by atoms with van der Waals surface area (Å²) in [5.41, 5.74) is 0. The van der Waals surface area contributed by atoms with Gasteiger partial charge in [-0.2, -0.15) is 0 Å². The fourth-order valence-corrected chi connectivity index (χ4v) is 10.7. The molecule has 0 N–H and O–H groups in total. The second-order valence-corrected chi connectivity index (χ2v) is 24.1. The monoisotopic (exact) mass is 1120 g/mol. The minimum atomic E-state index is -0.776. The molecular weight excluding hydrogens is 985 g/mol. The van der Waals surface area contributed by atoms with E-state index in [2.05, 4.69) is 69.4 Å². The maximum atomic E-state index is 13.0. The lowest BCUT2D eigenvalue weighted by Gasteiger charge is -2.18. The predicted molar refractivity (Wildman–Crippen MR) is 349 cm³/mol. The third kappa shape index (κ3) is 66.2. The zero-order valence-electron chi connectivity index (χ0n) is 53.9. The third-order valence-corrected chi connectivity index (χ3v) is 16.1. The highest BCUT2D eigenvalue weighted by Gasteiger charge is 2.19. The molecule has 0 saturated carbocycles. The lowest BCUT2D eigenvalue weighted by Crippen LogP contribution is -2.30. The van der Waals surface area contributed by atoms with Gasteiger partial charge in [-0.25, -0.2) is 0 Å². The molecule has 0 fully saturated rings. The number of ether oxygens (including phenoxy) is 3. The number of hydrogen-bond acceptors (Lipinski definition) is 6. The molecule has 0 aliphatic heterocycles. The fraction of sp³-hybridized carbons (Fsp3) is 0.851. The van der Waals surface area contributed by atoms with Crippen molar-refractivity contribution in [3.05, 3.63) is 48.6 Å². The zero-order valence-corrected chi connectivity index (χ0v) is 53.9. The quantitative estimate of drug-likeness (QED) is 0.0261. The zero-order chi connectivity index (χ0) is 57.8. The van der Waals surface area contributed by atoms with E-state index in [9.17, 15) is 14.4 Å². The maximum absolute atomic E-state index is 13.0. The number of rotatable bonds is 66. The molecule has 468 valence electrons. The highest BCUT2D eigenvalue weighted by molar-refractivity contribution is 5.71. The maximum Gasteiger partial charge on any atom is 0.306 e. The number of allylic oxidation sites excluding steroid dienone is 8. The smallest absolute Gasteiger partial charge is 0.306 e. The van der Waals surface area contributed by atoms with Gasteiger partial charge in [0.15, 0.2) is 6.10 Å². The molecule has 0 amide bonds. The summed E-state index contributed by atoms with van der Waals surface area (Å²) in [6, 6.07) is 0. The summed E-state index contributed by atoms with van der Waals surface area (Å²) < 4.78 is 17.0. The lowest BCUT2D eigenvalue weighted by molar-refractivity contribution is -0.167. The Labute approximate surface area is 498 Å². The van der Waals surface area contributed by atoms with Gasteiger partial charge in [-0.3, -0.25) is 14.4 Å². The van der Waals surface area contributed by atoms with Crippen LogP contribution in [0.2, 0.25) is 0 Å². The first-order valence-corrected chi connectivity index (χ1v) is 35.6. The van der Waals surface area contributed by atoms with Gasteiger partial charge in [0.25, 0.3) is 0 Å². The van der Waals surface area contributed by atoms with Crippen LogP contribution in [0.4, 0.5) is 0 Å². The van der Waals surface area contributed by atoms with Crippen molar-refractivity contribution in [2.75, 3.05) is 13.2 Å². The molecule has 6 nitrogen and oxygen atoms in total. The Bertz CT molecular complexity index is 1380. The van der Waals surface area contributed by atoms with Crippen LogP contribution in [-0.2, 0) is 28.6 Å². The van der Waals surface area contributed by atoms with E-state index in [1.807, 2.05) is 0 Å². The fourth-order valence-electron chi connectivity index (χ4n) is 10.7. The summed E-state index contributed by atoms with van der Waals surface area (Å²) in [4.78, 5) is 38.5. The van der Waals surface area contributed by atoms with E-state index in [1.54, 1.807) is 0 Å². The summed E-state index contributed by atoms with van der Waals surface area (Å²) in [6.07, 6.45) is 87.0. The van der Waals surface area contributed by atoms with Crippen LogP contribution in [-0.4, -0.2) is 37.2 Å². The summed E-state index contributed by atoms with van der Waals surface area (Å²) in [6.45, 7) is 6.69. The van der Waals surface area contributed by atoms with E-state index >= 15 is 0 Å². The van der Waals surface area contributed by atoms with Gasteiger partial charge in [0.2, 0.25) is 0 Å². The van der Waals surface area contributed by atoms with Crippen LogP contribution in [0.1, 0.15) is 387 Å². The molecule has 0 aliphatic rings. The first-order valence-electron chi connectivity index (χ1n) is 35.6. The van der Waals surface area contributed by atoms with Gasteiger partial charge in [0.05, 0.1) is 0 Å². The molecule has 6 heteroatoms. The second kappa shape index (κ2) is 68.9. The molecule has 0 bridgehead atoms.